The number of hydrogen-bond acceptors (Lipinski definition) is 4. The minimum Gasteiger partial charge on any atom is -0.451 e. The van der Waals surface area contributed by atoms with Crippen LogP contribution in [0, 0.1) is 10.1 Å². The third-order valence-electron chi connectivity index (χ3n) is 3.05. The van der Waals surface area contributed by atoms with Gasteiger partial charge >= 0.3 is 0 Å². The summed E-state index contributed by atoms with van der Waals surface area (Å²) in [6, 6.07) is 12.9. The van der Waals surface area contributed by atoms with Gasteiger partial charge in [-0.1, -0.05) is 28.1 Å². The Morgan fingerprint density at radius 2 is 1.95 bits per heavy atom. The van der Waals surface area contributed by atoms with Gasteiger partial charge in [0, 0.05) is 15.9 Å². The Labute approximate surface area is 133 Å². The molecule has 0 saturated heterocycles. The monoisotopic (exact) mass is 360 g/mol. The van der Waals surface area contributed by atoms with Crippen LogP contribution in [0.2, 0.25) is 0 Å². The maximum absolute atomic E-state index is 12.2. The van der Waals surface area contributed by atoms with Crippen molar-refractivity contribution in [2.45, 2.75) is 0 Å². The molecule has 0 unspecified atom stereocenters. The summed E-state index contributed by atoms with van der Waals surface area (Å²) in [5.41, 5.74) is 0.518. The maximum atomic E-state index is 12.2. The molecule has 1 amide bonds. The van der Waals surface area contributed by atoms with E-state index in [1.807, 2.05) is 6.07 Å². The molecule has 1 aromatic heterocycles. The van der Waals surface area contributed by atoms with E-state index in [1.54, 1.807) is 24.3 Å². The minimum atomic E-state index is -0.550. The first-order chi connectivity index (χ1) is 10.5. The molecule has 0 radical (unpaired) electrons. The number of nitrogens with one attached hydrogen (secondary N) is 1. The number of anilines is 1. The second-order valence-electron chi connectivity index (χ2n) is 4.52. The number of nitrogens with zero attached hydrogens (tertiary/aromatic N) is 1. The van der Waals surface area contributed by atoms with Crippen molar-refractivity contribution < 1.29 is 14.1 Å². The molecule has 6 nitrogen and oxygen atoms in total. The van der Waals surface area contributed by atoms with E-state index in [1.165, 1.54) is 18.2 Å². The number of rotatable bonds is 3. The number of hydrogen-bond donors (Lipinski definition) is 1. The molecule has 0 fully saturated rings. The lowest BCUT2D eigenvalue weighted by Gasteiger charge is -2.03. The average Bonchev–Trinajstić information content (AvgIpc) is 2.90. The molecule has 0 atom stereocenters. The standard InChI is InChI=1S/C15H9BrN2O4/c16-10-5-6-13-9(7-10)8-14(22-13)15(19)17-11-3-1-2-4-12(11)18(20)21/h1-8H,(H,17,19). The van der Waals surface area contributed by atoms with Gasteiger partial charge in [0.15, 0.2) is 5.76 Å². The summed E-state index contributed by atoms with van der Waals surface area (Å²) >= 11 is 3.34. The number of para-hydroxylation sites is 2. The summed E-state index contributed by atoms with van der Waals surface area (Å²) in [6.45, 7) is 0. The van der Waals surface area contributed by atoms with Crippen molar-refractivity contribution in [3.8, 4) is 0 Å². The predicted molar refractivity (Wildman–Crippen MR) is 85.0 cm³/mol. The highest BCUT2D eigenvalue weighted by molar-refractivity contribution is 9.10. The van der Waals surface area contributed by atoms with Crippen molar-refractivity contribution in [2.24, 2.45) is 0 Å². The lowest BCUT2D eigenvalue weighted by atomic mass is 10.2. The molecule has 0 saturated carbocycles. The molecular formula is C15H9BrN2O4. The Hall–Kier alpha value is -2.67. The first-order valence-corrected chi connectivity index (χ1v) is 7.08. The molecule has 7 heteroatoms. The van der Waals surface area contributed by atoms with Crippen LogP contribution in [0.3, 0.4) is 0 Å². The molecule has 1 heterocycles. The van der Waals surface area contributed by atoms with Crippen molar-refractivity contribution in [2.75, 3.05) is 5.32 Å². The fraction of sp³-hybridized carbons (Fsp3) is 0. The van der Waals surface area contributed by atoms with Gasteiger partial charge in [0.1, 0.15) is 11.3 Å². The van der Waals surface area contributed by atoms with Gasteiger partial charge in [0.05, 0.1) is 4.92 Å². The number of carbonyl (C=O) groups excluding carboxylic acids is 1. The second kappa shape index (κ2) is 5.61. The molecule has 2 aromatic carbocycles. The Kier molecular flexibility index (Phi) is 3.64. The SMILES string of the molecule is O=C(Nc1ccccc1[N+](=O)[O-])c1cc2cc(Br)ccc2o1. The van der Waals surface area contributed by atoms with E-state index in [9.17, 15) is 14.9 Å². The minimum absolute atomic E-state index is 0.0891. The van der Waals surface area contributed by atoms with Gasteiger partial charge in [-0.3, -0.25) is 14.9 Å². The molecule has 0 aliphatic carbocycles. The van der Waals surface area contributed by atoms with E-state index in [0.717, 1.165) is 9.86 Å². The van der Waals surface area contributed by atoms with Crippen LogP contribution in [-0.2, 0) is 0 Å². The van der Waals surface area contributed by atoms with Crippen molar-refractivity contribution in [1.29, 1.82) is 0 Å². The zero-order valence-electron chi connectivity index (χ0n) is 11.1. The fourth-order valence-electron chi connectivity index (χ4n) is 2.05. The Morgan fingerprint density at radius 1 is 1.18 bits per heavy atom. The van der Waals surface area contributed by atoms with E-state index >= 15 is 0 Å². The van der Waals surface area contributed by atoms with Crippen LogP contribution in [-0.4, -0.2) is 10.8 Å². The normalized spacial score (nSPS) is 10.6. The number of furan rings is 1. The third-order valence-corrected chi connectivity index (χ3v) is 3.54. The summed E-state index contributed by atoms with van der Waals surface area (Å²) in [7, 11) is 0. The predicted octanol–water partition coefficient (Wildman–Crippen LogP) is 4.36. The summed E-state index contributed by atoms with van der Waals surface area (Å²) < 4.78 is 6.32. The van der Waals surface area contributed by atoms with Gasteiger partial charge in [0.25, 0.3) is 11.6 Å². The summed E-state index contributed by atoms with van der Waals surface area (Å²) in [5.74, 6) is -0.451. The highest BCUT2D eigenvalue weighted by Crippen LogP contribution is 2.26. The summed E-state index contributed by atoms with van der Waals surface area (Å²) in [5, 5.41) is 14.2. The van der Waals surface area contributed by atoms with E-state index in [0.29, 0.717) is 5.58 Å². The van der Waals surface area contributed by atoms with Crippen LogP contribution in [0.5, 0.6) is 0 Å². The first kappa shape index (κ1) is 14.3. The Bertz CT molecular complexity index is 888. The van der Waals surface area contributed by atoms with Crippen molar-refractivity contribution in [3.63, 3.8) is 0 Å². The van der Waals surface area contributed by atoms with Crippen molar-refractivity contribution in [3.05, 3.63) is 68.9 Å². The van der Waals surface area contributed by atoms with Gasteiger partial charge in [-0.25, -0.2) is 0 Å². The lowest BCUT2D eigenvalue weighted by molar-refractivity contribution is -0.383. The summed E-state index contributed by atoms with van der Waals surface area (Å²) in [6.07, 6.45) is 0. The molecule has 3 aromatic rings. The topological polar surface area (TPSA) is 85.4 Å². The van der Waals surface area contributed by atoms with Crippen molar-refractivity contribution >= 4 is 44.2 Å². The molecule has 1 N–H and O–H groups in total. The van der Waals surface area contributed by atoms with Crippen LogP contribution in [0.25, 0.3) is 11.0 Å². The Balaban J connectivity index is 1.92. The van der Waals surface area contributed by atoms with Crippen LogP contribution in [0.15, 0.2) is 57.4 Å². The molecule has 110 valence electrons. The van der Waals surface area contributed by atoms with Gasteiger partial charge in [-0.2, -0.15) is 0 Å². The van der Waals surface area contributed by atoms with Gasteiger partial charge < -0.3 is 9.73 Å². The molecular weight excluding hydrogens is 352 g/mol. The van der Waals surface area contributed by atoms with Gasteiger partial charge in [0.2, 0.25) is 0 Å². The zero-order valence-corrected chi connectivity index (χ0v) is 12.7. The van der Waals surface area contributed by atoms with E-state index in [-0.39, 0.29) is 17.1 Å². The highest BCUT2D eigenvalue weighted by atomic mass is 79.9. The number of nitro benzene ring substituents is 1. The molecule has 3 rings (SSSR count). The van der Waals surface area contributed by atoms with Crippen LogP contribution < -0.4 is 5.32 Å². The van der Waals surface area contributed by atoms with Crippen LogP contribution in [0.4, 0.5) is 11.4 Å². The second-order valence-corrected chi connectivity index (χ2v) is 5.44. The number of carbonyl (C=O) groups is 1. The zero-order chi connectivity index (χ0) is 15.7. The van der Waals surface area contributed by atoms with E-state index in [2.05, 4.69) is 21.2 Å². The van der Waals surface area contributed by atoms with E-state index in [4.69, 9.17) is 4.42 Å². The third kappa shape index (κ3) is 2.71. The maximum Gasteiger partial charge on any atom is 0.292 e. The lowest BCUT2D eigenvalue weighted by Crippen LogP contribution is -2.12. The van der Waals surface area contributed by atoms with Gasteiger partial charge in [-0.05, 0) is 30.3 Å². The fourth-order valence-corrected chi connectivity index (χ4v) is 2.43. The Morgan fingerprint density at radius 3 is 2.73 bits per heavy atom. The quantitative estimate of drug-likeness (QED) is 0.555. The number of benzene rings is 2. The average molecular weight is 361 g/mol. The van der Waals surface area contributed by atoms with Crippen LogP contribution in [0.1, 0.15) is 10.6 Å². The molecule has 0 bridgehead atoms. The smallest absolute Gasteiger partial charge is 0.292 e. The molecule has 0 aliphatic rings. The number of amides is 1. The highest BCUT2D eigenvalue weighted by Gasteiger charge is 2.18. The molecule has 22 heavy (non-hydrogen) atoms. The first-order valence-electron chi connectivity index (χ1n) is 6.28. The number of nitro groups is 1. The van der Waals surface area contributed by atoms with Gasteiger partial charge in [-0.15, -0.1) is 0 Å². The van der Waals surface area contributed by atoms with Crippen LogP contribution >= 0.6 is 15.9 Å². The van der Waals surface area contributed by atoms with Crippen molar-refractivity contribution in [1.82, 2.24) is 0 Å². The molecule has 0 spiro atoms. The largest absolute Gasteiger partial charge is 0.451 e. The number of halogens is 1. The number of fused-ring (bicyclic) bond motifs is 1. The molecule has 0 aliphatic heterocycles. The van der Waals surface area contributed by atoms with E-state index < -0.39 is 10.8 Å². The summed E-state index contributed by atoms with van der Waals surface area (Å²) in [4.78, 5) is 22.6.